The monoisotopic (exact) mass is 376 g/mol. The molecular formula is C24H40O3. The summed E-state index contributed by atoms with van der Waals surface area (Å²) < 4.78 is 5.72. The van der Waals surface area contributed by atoms with Crippen molar-refractivity contribution in [3.05, 3.63) is 0 Å². The molecule has 0 heterocycles. The van der Waals surface area contributed by atoms with Crippen LogP contribution in [0.3, 0.4) is 0 Å². The molecule has 4 rings (SSSR count). The maximum absolute atomic E-state index is 12.4. The van der Waals surface area contributed by atoms with E-state index in [1.165, 1.54) is 25.7 Å². The molecule has 0 saturated heterocycles. The molecule has 0 aromatic heterocycles. The lowest BCUT2D eigenvalue weighted by Gasteiger charge is -2.64. The van der Waals surface area contributed by atoms with Crippen LogP contribution in [0.1, 0.15) is 79.1 Å². The Morgan fingerprint density at radius 2 is 1.74 bits per heavy atom. The molecule has 0 radical (unpaired) electrons. The van der Waals surface area contributed by atoms with E-state index in [0.717, 1.165) is 38.2 Å². The van der Waals surface area contributed by atoms with Crippen LogP contribution in [0.4, 0.5) is 0 Å². The Labute approximate surface area is 165 Å². The number of hydrogen-bond donors (Lipinski definition) is 1. The Morgan fingerprint density at radius 3 is 2.41 bits per heavy atom. The minimum Gasteiger partial charge on any atom is -0.390 e. The van der Waals surface area contributed by atoms with Gasteiger partial charge in [-0.2, -0.15) is 0 Å². The number of ether oxygens (including phenoxy) is 1. The summed E-state index contributed by atoms with van der Waals surface area (Å²) in [5, 5.41) is 10.8. The van der Waals surface area contributed by atoms with Gasteiger partial charge in [0.05, 0.1) is 5.60 Å². The zero-order chi connectivity index (χ0) is 19.6. The molecule has 0 unspecified atom stereocenters. The third-order valence-electron chi connectivity index (χ3n) is 10.0. The van der Waals surface area contributed by atoms with E-state index < -0.39 is 5.60 Å². The molecule has 3 nitrogen and oxygen atoms in total. The van der Waals surface area contributed by atoms with Gasteiger partial charge in [-0.25, -0.2) is 0 Å². The van der Waals surface area contributed by atoms with E-state index >= 15 is 0 Å². The van der Waals surface area contributed by atoms with Gasteiger partial charge in [0.15, 0.2) is 0 Å². The van der Waals surface area contributed by atoms with Crippen LogP contribution in [0.5, 0.6) is 0 Å². The number of ketones is 1. The van der Waals surface area contributed by atoms with E-state index in [1.807, 2.05) is 21.0 Å². The summed E-state index contributed by atoms with van der Waals surface area (Å²) in [6.07, 6.45) is 9.03. The third kappa shape index (κ3) is 2.94. The van der Waals surface area contributed by atoms with Crippen molar-refractivity contribution in [2.24, 2.45) is 46.3 Å². The van der Waals surface area contributed by atoms with Crippen molar-refractivity contribution < 1.29 is 14.6 Å². The molecule has 3 heteroatoms. The lowest BCUT2D eigenvalue weighted by atomic mass is 9.42. The second-order valence-corrected chi connectivity index (χ2v) is 11.4. The number of rotatable bonds is 3. The van der Waals surface area contributed by atoms with Crippen molar-refractivity contribution in [1.29, 1.82) is 0 Å². The van der Waals surface area contributed by atoms with E-state index in [2.05, 4.69) is 13.8 Å². The van der Waals surface area contributed by atoms with Gasteiger partial charge >= 0.3 is 0 Å². The van der Waals surface area contributed by atoms with E-state index in [-0.39, 0.29) is 11.3 Å². The highest BCUT2D eigenvalue weighted by atomic mass is 16.5. The van der Waals surface area contributed by atoms with Crippen LogP contribution < -0.4 is 0 Å². The van der Waals surface area contributed by atoms with Gasteiger partial charge in [0.1, 0.15) is 5.78 Å². The Kier molecular flexibility index (Phi) is 4.83. The molecule has 0 aliphatic heterocycles. The topological polar surface area (TPSA) is 46.5 Å². The molecule has 4 saturated carbocycles. The summed E-state index contributed by atoms with van der Waals surface area (Å²) in [7, 11) is 1.84. The molecule has 4 aliphatic carbocycles. The Hall–Kier alpha value is -0.410. The van der Waals surface area contributed by atoms with Crippen molar-refractivity contribution in [1.82, 2.24) is 0 Å². The second kappa shape index (κ2) is 6.55. The first-order valence-corrected chi connectivity index (χ1v) is 11.3. The average molecular weight is 377 g/mol. The number of fused-ring (bicyclic) bond motifs is 5. The highest BCUT2D eigenvalue weighted by Gasteiger charge is 2.63. The molecule has 0 aromatic rings. The smallest absolute Gasteiger partial charge is 0.133 e. The van der Waals surface area contributed by atoms with Gasteiger partial charge < -0.3 is 9.84 Å². The van der Waals surface area contributed by atoms with Crippen LogP contribution in [0.15, 0.2) is 0 Å². The predicted octanol–water partition coefficient (Wildman–Crippen LogP) is 4.86. The van der Waals surface area contributed by atoms with Crippen LogP contribution in [-0.2, 0) is 9.53 Å². The van der Waals surface area contributed by atoms with Crippen molar-refractivity contribution in [2.45, 2.75) is 84.7 Å². The zero-order valence-electron chi connectivity index (χ0n) is 18.1. The van der Waals surface area contributed by atoms with Crippen molar-refractivity contribution in [3.63, 3.8) is 0 Å². The van der Waals surface area contributed by atoms with Gasteiger partial charge in [0, 0.05) is 19.6 Å². The Bertz CT molecular complexity index is 598. The molecule has 1 N–H and O–H groups in total. The quantitative estimate of drug-likeness (QED) is 0.765. The van der Waals surface area contributed by atoms with Crippen LogP contribution in [0.2, 0.25) is 0 Å². The normalized spacial score (nSPS) is 54.7. The van der Waals surface area contributed by atoms with Crippen molar-refractivity contribution in [2.75, 3.05) is 13.7 Å². The number of aliphatic hydroxyl groups is 1. The number of hydrogen-bond acceptors (Lipinski definition) is 3. The molecule has 9 atom stereocenters. The first-order valence-electron chi connectivity index (χ1n) is 11.3. The standard InChI is InChI=1S/C24H40O3/c1-15(25)18-6-7-19-21-16(14-27-5)12-17-13-22(2,26)10-11-23(17,3)20(21)8-9-24(18,19)4/h16-21,26H,6-14H2,1-5H3/t16-,17-,18+,19-,20-,21-,22+,23-,24+/m0/s1. The summed E-state index contributed by atoms with van der Waals surface area (Å²) in [6, 6.07) is 0. The predicted molar refractivity (Wildman–Crippen MR) is 107 cm³/mol. The number of Topliss-reactive ketones (excluding diaryl/α,β-unsaturated/α-hetero) is 1. The maximum atomic E-state index is 12.4. The minimum absolute atomic E-state index is 0.197. The minimum atomic E-state index is -0.495. The van der Waals surface area contributed by atoms with Crippen LogP contribution >= 0.6 is 0 Å². The first-order chi connectivity index (χ1) is 12.6. The summed E-state index contributed by atoms with van der Waals surface area (Å²) >= 11 is 0. The fourth-order valence-electron chi connectivity index (χ4n) is 8.65. The molecule has 0 amide bonds. The summed E-state index contributed by atoms with van der Waals surface area (Å²) in [5.41, 5.74) is 0.0556. The molecular weight excluding hydrogens is 336 g/mol. The highest BCUT2D eigenvalue weighted by molar-refractivity contribution is 5.79. The lowest BCUT2D eigenvalue weighted by Crippen LogP contribution is -2.58. The maximum Gasteiger partial charge on any atom is 0.133 e. The fourth-order valence-corrected chi connectivity index (χ4v) is 8.65. The SMILES string of the molecule is COC[C@@H]1C[C@H]2C[C@](C)(O)CC[C@]2(C)[C@H]2CC[C@]3(C)[C@@H](C(C)=O)CC[C@H]3[C@H]12. The van der Waals surface area contributed by atoms with E-state index in [1.54, 1.807) is 0 Å². The van der Waals surface area contributed by atoms with E-state index in [0.29, 0.717) is 34.9 Å². The van der Waals surface area contributed by atoms with Gasteiger partial charge in [0.2, 0.25) is 0 Å². The second-order valence-electron chi connectivity index (χ2n) is 11.4. The summed E-state index contributed by atoms with van der Waals surface area (Å²) in [5.74, 6) is 3.97. The molecule has 4 fully saturated rings. The van der Waals surface area contributed by atoms with Crippen molar-refractivity contribution in [3.8, 4) is 0 Å². The molecule has 4 aliphatic rings. The number of carbonyl (C=O) groups excluding carboxylic acids is 1. The Balaban J connectivity index is 1.69. The van der Waals surface area contributed by atoms with Gasteiger partial charge in [-0.15, -0.1) is 0 Å². The van der Waals surface area contributed by atoms with Gasteiger partial charge in [-0.3, -0.25) is 4.79 Å². The van der Waals surface area contributed by atoms with Crippen LogP contribution in [-0.4, -0.2) is 30.2 Å². The lowest BCUT2D eigenvalue weighted by molar-refractivity contribution is -0.174. The molecule has 0 spiro atoms. The number of carbonyl (C=O) groups is 1. The molecule has 27 heavy (non-hydrogen) atoms. The summed E-state index contributed by atoms with van der Waals surface area (Å²) in [6.45, 7) is 9.66. The molecule has 154 valence electrons. The average Bonchev–Trinajstić information content (AvgIpc) is 2.93. The van der Waals surface area contributed by atoms with Crippen LogP contribution in [0, 0.1) is 46.3 Å². The Morgan fingerprint density at radius 1 is 1.04 bits per heavy atom. The molecule has 0 bridgehead atoms. The van der Waals surface area contributed by atoms with Gasteiger partial charge in [-0.1, -0.05) is 13.8 Å². The highest BCUT2D eigenvalue weighted by Crippen LogP contribution is 2.69. The van der Waals surface area contributed by atoms with Crippen molar-refractivity contribution >= 4 is 5.78 Å². The third-order valence-corrected chi connectivity index (χ3v) is 10.0. The largest absolute Gasteiger partial charge is 0.390 e. The number of methoxy groups -OCH3 is 1. The summed E-state index contributed by atoms with van der Waals surface area (Å²) in [4.78, 5) is 12.4. The van der Waals surface area contributed by atoms with E-state index in [4.69, 9.17) is 4.74 Å². The first kappa shape index (κ1) is 19.9. The van der Waals surface area contributed by atoms with Crippen LogP contribution in [0.25, 0.3) is 0 Å². The zero-order valence-corrected chi connectivity index (χ0v) is 18.1. The molecule has 0 aromatic carbocycles. The van der Waals surface area contributed by atoms with Gasteiger partial charge in [0.25, 0.3) is 0 Å². The van der Waals surface area contributed by atoms with E-state index in [9.17, 15) is 9.90 Å². The fraction of sp³-hybridized carbons (Fsp3) is 0.958. The van der Waals surface area contributed by atoms with Gasteiger partial charge in [-0.05, 0) is 106 Å².